The molecule has 14 heavy (non-hydrogen) atoms. The zero-order chi connectivity index (χ0) is 11.4. The van der Waals surface area contributed by atoms with Crippen LogP contribution in [-0.4, -0.2) is 22.8 Å². The van der Waals surface area contributed by atoms with Gasteiger partial charge in [0.1, 0.15) is 0 Å². The molecule has 1 N–H and O–H groups in total. The van der Waals surface area contributed by atoms with Gasteiger partial charge < -0.3 is 11.0 Å². The zero-order valence-electron chi connectivity index (χ0n) is 9.49. The molecule has 0 aromatic heterocycles. The van der Waals surface area contributed by atoms with E-state index in [1.54, 1.807) is 13.0 Å². The first-order valence-corrected chi connectivity index (χ1v) is 4.60. The summed E-state index contributed by atoms with van der Waals surface area (Å²) in [4.78, 5) is 2.61. The van der Waals surface area contributed by atoms with E-state index in [2.05, 4.69) is 28.8 Å². The van der Waals surface area contributed by atoms with Gasteiger partial charge in [-0.2, -0.15) is 9.89 Å². The summed E-state index contributed by atoms with van der Waals surface area (Å²) in [5.41, 5.74) is 11.6. The van der Waals surface area contributed by atoms with Crippen molar-refractivity contribution in [2.75, 3.05) is 0 Å². The molecular formula is C10H20N4. The van der Waals surface area contributed by atoms with E-state index < -0.39 is 0 Å². The SMILES string of the molecule is C=CC.CC1=NNC(C)C1.CC=[N+]=[N-]. The molecule has 1 unspecified atom stereocenters. The molecule has 1 rings (SSSR count). The van der Waals surface area contributed by atoms with Gasteiger partial charge in [-0.1, -0.05) is 6.08 Å². The Morgan fingerprint density at radius 2 is 2.07 bits per heavy atom. The molecule has 0 amide bonds. The number of allylic oxidation sites excluding steroid dienone is 1. The molecule has 80 valence electrons. The molecular weight excluding hydrogens is 176 g/mol. The Morgan fingerprint density at radius 3 is 2.14 bits per heavy atom. The third kappa shape index (κ3) is 13.2. The molecule has 0 aromatic rings. The standard InChI is InChI=1S/C5H10N2.C3H6.C2H4N2/c1-4-3-5(2)7-6-4;1-3-2;1-2-4-3/h4,6H,3H2,1-2H3;3H,1H2,2H3;2H,1H3. The molecule has 1 aliphatic rings. The fourth-order valence-electron chi connectivity index (χ4n) is 0.755. The van der Waals surface area contributed by atoms with E-state index in [-0.39, 0.29) is 0 Å². The van der Waals surface area contributed by atoms with Crippen molar-refractivity contribution in [3.05, 3.63) is 18.2 Å². The van der Waals surface area contributed by atoms with Crippen LogP contribution < -0.4 is 5.43 Å². The van der Waals surface area contributed by atoms with Crippen molar-refractivity contribution in [3.8, 4) is 0 Å². The van der Waals surface area contributed by atoms with E-state index in [1.165, 1.54) is 11.9 Å². The Balaban J connectivity index is 0. The minimum atomic E-state index is 0.569. The van der Waals surface area contributed by atoms with Crippen molar-refractivity contribution in [3.63, 3.8) is 0 Å². The summed E-state index contributed by atoms with van der Waals surface area (Å²) in [6.07, 6.45) is 4.17. The minimum absolute atomic E-state index is 0.569. The Hall–Kier alpha value is -1.41. The van der Waals surface area contributed by atoms with Crippen molar-refractivity contribution in [2.24, 2.45) is 5.10 Å². The number of nitrogens with one attached hydrogen (secondary N) is 1. The third-order valence-corrected chi connectivity index (χ3v) is 1.19. The summed E-state index contributed by atoms with van der Waals surface area (Å²) in [7, 11) is 0. The highest BCUT2D eigenvalue weighted by molar-refractivity contribution is 5.83. The predicted molar refractivity (Wildman–Crippen MR) is 61.6 cm³/mol. The molecule has 0 aliphatic carbocycles. The fraction of sp³-hybridized carbons (Fsp3) is 0.600. The summed E-state index contributed by atoms with van der Waals surface area (Å²) in [5, 5.41) is 3.98. The van der Waals surface area contributed by atoms with Gasteiger partial charge in [0.2, 0.25) is 0 Å². The van der Waals surface area contributed by atoms with E-state index in [4.69, 9.17) is 5.53 Å². The molecule has 0 spiro atoms. The minimum Gasteiger partial charge on any atom is -0.362 e. The number of hydrogen-bond acceptors (Lipinski definition) is 2. The average molecular weight is 196 g/mol. The molecule has 1 heterocycles. The van der Waals surface area contributed by atoms with Gasteiger partial charge in [-0.25, -0.2) is 0 Å². The molecule has 0 aromatic carbocycles. The molecule has 4 nitrogen and oxygen atoms in total. The Morgan fingerprint density at radius 1 is 1.64 bits per heavy atom. The molecule has 0 fully saturated rings. The van der Waals surface area contributed by atoms with E-state index in [1.807, 2.05) is 13.8 Å². The van der Waals surface area contributed by atoms with E-state index in [9.17, 15) is 0 Å². The van der Waals surface area contributed by atoms with Crippen molar-refractivity contribution in [2.45, 2.75) is 40.2 Å². The van der Waals surface area contributed by atoms with Crippen LogP contribution in [-0.2, 0) is 0 Å². The predicted octanol–water partition coefficient (Wildman–Crippen LogP) is 2.24. The summed E-state index contributed by atoms with van der Waals surface area (Å²) in [6, 6.07) is 0.569. The van der Waals surface area contributed by atoms with Crippen LogP contribution in [0.5, 0.6) is 0 Å². The van der Waals surface area contributed by atoms with Gasteiger partial charge in [0, 0.05) is 25.1 Å². The number of nitrogens with zero attached hydrogens (tertiary/aromatic N) is 3. The van der Waals surface area contributed by atoms with Gasteiger partial charge in [-0.15, -0.1) is 6.58 Å². The normalized spacial score (nSPS) is 16.9. The molecule has 1 aliphatic heterocycles. The third-order valence-electron chi connectivity index (χ3n) is 1.19. The van der Waals surface area contributed by atoms with Gasteiger partial charge >= 0.3 is 0 Å². The first-order chi connectivity index (χ1) is 6.62. The first kappa shape index (κ1) is 15.1. The maximum absolute atomic E-state index is 7.44. The highest BCUT2D eigenvalue weighted by Crippen LogP contribution is 1.99. The van der Waals surface area contributed by atoms with Crippen LogP contribution in [0, 0.1) is 0 Å². The molecule has 0 bridgehead atoms. The second-order valence-electron chi connectivity index (χ2n) is 2.86. The second kappa shape index (κ2) is 11.6. The quantitative estimate of drug-likeness (QED) is 0.274. The van der Waals surface area contributed by atoms with Crippen LogP contribution >= 0.6 is 0 Å². The monoisotopic (exact) mass is 196 g/mol. The van der Waals surface area contributed by atoms with Gasteiger partial charge in [-0.05, 0) is 20.8 Å². The number of hydrogen-bond donors (Lipinski definition) is 1. The van der Waals surface area contributed by atoms with Crippen molar-refractivity contribution >= 4 is 11.9 Å². The van der Waals surface area contributed by atoms with Crippen LogP contribution in [0.2, 0.25) is 0 Å². The first-order valence-electron chi connectivity index (χ1n) is 4.60. The van der Waals surface area contributed by atoms with Gasteiger partial charge in [0.15, 0.2) is 0 Å². The lowest BCUT2D eigenvalue weighted by molar-refractivity contribution is 0.00297. The lowest BCUT2D eigenvalue weighted by atomic mass is 10.2. The number of rotatable bonds is 0. The average Bonchev–Trinajstić information content (AvgIpc) is 2.52. The van der Waals surface area contributed by atoms with Crippen LogP contribution in [0.25, 0.3) is 5.53 Å². The second-order valence-corrected chi connectivity index (χ2v) is 2.86. The lowest BCUT2D eigenvalue weighted by Crippen LogP contribution is -2.13. The molecule has 0 radical (unpaired) electrons. The van der Waals surface area contributed by atoms with Crippen molar-refractivity contribution < 1.29 is 4.79 Å². The summed E-state index contributed by atoms with van der Waals surface area (Å²) < 4.78 is 0. The van der Waals surface area contributed by atoms with Gasteiger partial charge in [0.05, 0.1) is 0 Å². The lowest BCUT2D eigenvalue weighted by Gasteiger charge is -1.95. The summed E-state index contributed by atoms with van der Waals surface area (Å²) in [5.74, 6) is 0. The number of hydrazone groups is 1. The topological polar surface area (TPSA) is 60.8 Å². The molecule has 0 saturated heterocycles. The highest BCUT2D eigenvalue weighted by Gasteiger charge is 2.07. The Labute approximate surface area is 86.3 Å². The van der Waals surface area contributed by atoms with Crippen molar-refractivity contribution in [1.82, 2.24) is 5.43 Å². The van der Waals surface area contributed by atoms with E-state index in [0.29, 0.717) is 6.04 Å². The molecule has 0 saturated carbocycles. The summed E-state index contributed by atoms with van der Waals surface area (Å²) >= 11 is 0. The molecule has 4 heteroatoms. The van der Waals surface area contributed by atoms with Crippen LogP contribution in [0.15, 0.2) is 17.8 Å². The van der Waals surface area contributed by atoms with Gasteiger partial charge in [-0.3, -0.25) is 0 Å². The maximum atomic E-state index is 7.44. The van der Waals surface area contributed by atoms with Crippen LogP contribution in [0.3, 0.4) is 0 Å². The van der Waals surface area contributed by atoms with E-state index >= 15 is 0 Å². The van der Waals surface area contributed by atoms with E-state index in [0.717, 1.165) is 6.42 Å². The fourth-order valence-corrected chi connectivity index (χ4v) is 0.755. The Kier molecular flexibility index (Phi) is 12.5. The largest absolute Gasteiger partial charge is 0.362 e. The maximum Gasteiger partial charge on any atom is 0.254 e. The van der Waals surface area contributed by atoms with Crippen LogP contribution in [0.4, 0.5) is 0 Å². The van der Waals surface area contributed by atoms with Crippen molar-refractivity contribution in [1.29, 1.82) is 0 Å². The Bertz CT molecular complexity index is 214. The molecule has 1 atom stereocenters. The van der Waals surface area contributed by atoms with Crippen LogP contribution in [0.1, 0.15) is 34.1 Å². The highest BCUT2D eigenvalue weighted by atomic mass is 15.3. The smallest absolute Gasteiger partial charge is 0.254 e. The zero-order valence-corrected chi connectivity index (χ0v) is 9.49. The summed E-state index contributed by atoms with van der Waals surface area (Å²) in [6.45, 7) is 11.1. The van der Waals surface area contributed by atoms with Gasteiger partial charge in [0.25, 0.3) is 6.21 Å².